The number of nitrogens with zero attached hydrogens (tertiary/aromatic N) is 2. The van der Waals surface area contributed by atoms with E-state index in [4.69, 9.17) is 15.2 Å². The van der Waals surface area contributed by atoms with Crippen LogP contribution < -0.4 is 15.2 Å². The van der Waals surface area contributed by atoms with Crippen molar-refractivity contribution in [1.29, 1.82) is 0 Å². The molecule has 0 saturated heterocycles. The summed E-state index contributed by atoms with van der Waals surface area (Å²) in [6.45, 7) is 6.99. The van der Waals surface area contributed by atoms with Crippen molar-refractivity contribution < 1.29 is 9.47 Å². The van der Waals surface area contributed by atoms with Crippen molar-refractivity contribution in [2.45, 2.75) is 33.2 Å². The minimum Gasteiger partial charge on any atom is -0.494 e. The molecule has 112 valence electrons. The molecule has 0 fully saturated rings. The summed E-state index contributed by atoms with van der Waals surface area (Å²) >= 11 is 0. The standard InChI is InChI=1S/C16H21N3O2/c1-4-20-12-5-7-13(8-6-12)21-15-10-18-16(11(2)3)19-14(15)9-17/h5-8,10-11H,4,9,17H2,1-3H3. The fourth-order valence-corrected chi connectivity index (χ4v) is 1.83. The van der Waals surface area contributed by atoms with Crippen LogP contribution in [0.5, 0.6) is 17.2 Å². The second kappa shape index (κ2) is 7.04. The monoisotopic (exact) mass is 287 g/mol. The van der Waals surface area contributed by atoms with Crippen LogP contribution >= 0.6 is 0 Å². The first-order valence-corrected chi connectivity index (χ1v) is 7.10. The zero-order valence-electron chi connectivity index (χ0n) is 12.7. The smallest absolute Gasteiger partial charge is 0.168 e. The lowest BCUT2D eigenvalue weighted by atomic mass is 10.2. The molecule has 0 spiro atoms. The molecule has 0 aliphatic heterocycles. The summed E-state index contributed by atoms with van der Waals surface area (Å²) in [6.07, 6.45) is 1.68. The van der Waals surface area contributed by atoms with Gasteiger partial charge in [-0.3, -0.25) is 0 Å². The van der Waals surface area contributed by atoms with Gasteiger partial charge in [-0.2, -0.15) is 0 Å². The molecule has 0 amide bonds. The minimum atomic E-state index is 0.259. The van der Waals surface area contributed by atoms with Gasteiger partial charge in [-0.05, 0) is 31.2 Å². The van der Waals surface area contributed by atoms with Gasteiger partial charge in [-0.1, -0.05) is 13.8 Å². The molecule has 1 aromatic heterocycles. The van der Waals surface area contributed by atoms with Gasteiger partial charge in [0.2, 0.25) is 0 Å². The third-order valence-electron chi connectivity index (χ3n) is 2.92. The largest absolute Gasteiger partial charge is 0.494 e. The van der Waals surface area contributed by atoms with Crippen LogP contribution in [-0.2, 0) is 6.54 Å². The molecule has 0 radical (unpaired) electrons. The van der Waals surface area contributed by atoms with Crippen molar-refractivity contribution in [3.63, 3.8) is 0 Å². The molecule has 5 heteroatoms. The second-order valence-electron chi connectivity index (χ2n) is 4.90. The highest BCUT2D eigenvalue weighted by molar-refractivity contribution is 5.36. The first-order chi connectivity index (χ1) is 10.1. The van der Waals surface area contributed by atoms with E-state index in [1.54, 1.807) is 6.20 Å². The number of hydrogen-bond donors (Lipinski definition) is 1. The Balaban J connectivity index is 2.18. The van der Waals surface area contributed by atoms with E-state index in [0.29, 0.717) is 30.3 Å². The average molecular weight is 287 g/mol. The van der Waals surface area contributed by atoms with E-state index in [0.717, 1.165) is 11.6 Å². The number of rotatable bonds is 6. The van der Waals surface area contributed by atoms with Gasteiger partial charge < -0.3 is 15.2 Å². The molecule has 21 heavy (non-hydrogen) atoms. The van der Waals surface area contributed by atoms with E-state index in [1.165, 1.54) is 0 Å². The highest BCUT2D eigenvalue weighted by atomic mass is 16.5. The van der Waals surface area contributed by atoms with E-state index in [1.807, 2.05) is 45.0 Å². The van der Waals surface area contributed by atoms with Gasteiger partial charge in [-0.15, -0.1) is 0 Å². The molecule has 0 unspecified atom stereocenters. The Morgan fingerprint density at radius 3 is 2.38 bits per heavy atom. The van der Waals surface area contributed by atoms with E-state index >= 15 is 0 Å². The third-order valence-corrected chi connectivity index (χ3v) is 2.92. The Labute approximate surface area is 125 Å². The maximum atomic E-state index is 5.81. The quantitative estimate of drug-likeness (QED) is 0.883. The summed E-state index contributed by atoms with van der Waals surface area (Å²) in [7, 11) is 0. The molecule has 2 rings (SSSR count). The molecule has 0 aliphatic carbocycles. The molecular weight excluding hydrogens is 266 g/mol. The second-order valence-corrected chi connectivity index (χ2v) is 4.90. The van der Waals surface area contributed by atoms with Crippen LogP contribution in [0.15, 0.2) is 30.5 Å². The molecular formula is C16H21N3O2. The maximum absolute atomic E-state index is 5.81. The summed E-state index contributed by atoms with van der Waals surface area (Å²) in [4.78, 5) is 8.76. The summed E-state index contributed by atoms with van der Waals surface area (Å²) < 4.78 is 11.2. The summed E-state index contributed by atoms with van der Waals surface area (Å²) in [5.41, 5.74) is 6.46. The van der Waals surface area contributed by atoms with Crippen molar-refractivity contribution in [2.24, 2.45) is 5.73 Å². The van der Waals surface area contributed by atoms with Crippen LogP contribution in [0, 0.1) is 0 Å². The molecule has 1 heterocycles. The van der Waals surface area contributed by atoms with Crippen LogP contribution in [0.3, 0.4) is 0 Å². The van der Waals surface area contributed by atoms with E-state index in [9.17, 15) is 0 Å². The Morgan fingerprint density at radius 1 is 1.14 bits per heavy atom. The maximum Gasteiger partial charge on any atom is 0.168 e. The SMILES string of the molecule is CCOc1ccc(Oc2cnc(C(C)C)nc2CN)cc1. The van der Waals surface area contributed by atoms with Gasteiger partial charge in [0.25, 0.3) is 0 Å². The van der Waals surface area contributed by atoms with Gasteiger partial charge >= 0.3 is 0 Å². The van der Waals surface area contributed by atoms with Crippen LogP contribution in [0.25, 0.3) is 0 Å². The lowest BCUT2D eigenvalue weighted by Crippen LogP contribution is -2.07. The van der Waals surface area contributed by atoms with Gasteiger partial charge in [0.05, 0.1) is 12.8 Å². The first kappa shape index (κ1) is 15.3. The van der Waals surface area contributed by atoms with Gasteiger partial charge in [0.1, 0.15) is 23.0 Å². The number of hydrogen-bond acceptors (Lipinski definition) is 5. The molecule has 2 aromatic rings. The highest BCUT2D eigenvalue weighted by Crippen LogP contribution is 2.26. The van der Waals surface area contributed by atoms with Gasteiger partial charge in [-0.25, -0.2) is 9.97 Å². The fourth-order valence-electron chi connectivity index (χ4n) is 1.83. The Morgan fingerprint density at radius 2 is 1.81 bits per heavy atom. The predicted molar refractivity (Wildman–Crippen MR) is 81.7 cm³/mol. The van der Waals surface area contributed by atoms with Crippen molar-refractivity contribution in [3.8, 4) is 17.2 Å². The molecule has 0 aliphatic rings. The average Bonchev–Trinajstić information content (AvgIpc) is 2.49. The third kappa shape index (κ3) is 3.92. The van der Waals surface area contributed by atoms with Crippen molar-refractivity contribution >= 4 is 0 Å². The zero-order valence-corrected chi connectivity index (χ0v) is 12.7. The molecule has 2 N–H and O–H groups in total. The number of aromatic nitrogens is 2. The van der Waals surface area contributed by atoms with E-state index in [-0.39, 0.29) is 5.92 Å². The van der Waals surface area contributed by atoms with Crippen LogP contribution in [0.1, 0.15) is 38.2 Å². The van der Waals surface area contributed by atoms with Crippen molar-refractivity contribution in [3.05, 3.63) is 42.0 Å². The zero-order chi connectivity index (χ0) is 15.2. The first-order valence-electron chi connectivity index (χ1n) is 7.10. The van der Waals surface area contributed by atoms with Crippen molar-refractivity contribution in [2.75, 3.05) is 6.61 Å². The topological polar surface area (TPSA) is 70.3 Å². The predicted octanol–water partition coefficient (Wildman–Crippen LogP) is 3.25. The minimum absolute atomic E-state index is 0.259. The number of benzene rings is 1. The molecule has 1 aromatic carbocycles. The lowest BCUT2D eigenvalue weighted by molar-refractivity contribution is 0.339. The van der Waals surface area contributed by atoms with E-state index in [2.05, 4.69) is 9.97 Å². The fraction of sp³-hybridized carbons (Fsp3) is 0.375. The van der Waals surface area contributed by atoms with Gasteiger partial charge in [0, 0.05) is 12.5 Å². The van der Waals surface area contributed by atoms with E-state index < -0.39 is 0 Å². The Hall–Kier alpha value is -2.14. The van der Waals surface area contributed by atoms with Crippen LogP contribution in [0.4, 0.5) is 0 Å². The Kier molecular flexibility index (Phi) is 5.11. The van der Waals surface area contributed by atoms with Gasteiger partial charge in [0.15, 0.2) is 5.75 Å². The summed E-state index contributed by atoms with van der Waals surface area (Å²) in [6, 6.07) is 7.43. The lowest BCUT2D eigenvalue weighted by Gasteiger charge is -2.12. The molecule has 0 atom stereocenters. The number of nitrogens with two attached hydrogens (primary N) is 1. The molecule has 5 nitrogen and oxygen atoms in total. The summed E-state index contributed by atoms with van der Waals surface area (Å²) in [5, 5.41) is 0. The summed E-state index contributed by atoms with van der Waals surface area (Å²) in [5.74, 6) is 3.14. The van der Waals surface area contributed by atoms with Crippen LogP contribution in [0.2, 0.25) is 0 Å². The van der Waals surface area contributed by atoms with Crippen molar-refractivity contribution in [1.82, 2.24) is 9.97 Å². The van der Waals surface area contributed by atoms with Crippen LogP contribution in [-0.4, -0.2) is 16.6 Å². The normalized spacial score (nSPS) is 10.7. The number of ether oxygens (including phenoxy) is 2. The molecule has 0 bridgehead atoms. The highest BCUT2D eigenvalue weighted by Gasteiger charge is 2.10. The Bertz CT molecular complexity index is 583. The molecule has 0 saturated carbocycles.